The number of benzene rings is 1. The molecular formula is C13H15FN2. The lowest BCUT2D eigenvalue weighted by Crippen LogP contribution is -2.29. The predicted molar refractivity (Wildman–Crippen MR) is 61.8 cm³/mol. The van der Waals surface area contributed by atoms with Crippen LogP contribution in [-0.4, -0.2) is 12.6 Å². The highest BCUT2D eigenvalue weighted by Gasteiger charge is 2.24. The minimum absolute atomic E-state index is 0.340. The minimum Gasteiger partial charge on any atom is -0.367 e. The summed E-state index contributed by atoms with van der Waals surface area (Å²) in [5, 5.41) is 9.02. The minimum atomic E-state index is -0.340. The van der Waals surface area contributed by atoms with Gasteiger partial charge in [0, 0.05) is 12.6 Å². The standard InChI is InChI=1S/C13H15FN2/c1-2-12-4-3-7-16(12)13-6-5-11(14)8-10(13)9-15/h5-6,8,12H,2-4,7H2,1H3. The molecule has 16 heavy (non-hydrogen) atoms. The van der Waals surface area contributed by atoms with Gasteiger partial charge >= 0.3 is 0 Å². The van der Waals surface area contributed by atoms with Gasteiger partial charge in [0.05, 0.1) is 11.3 Å². The van der Waals surface area contributed by atoms with Crippen molar-refractivity contribution in [3.05, 3.63) is 29.6 Å². The Balaban J connectivity index is 2.36. The highest BCUT2D eigenvalue weighted by atomic mass is 19.1. The molecule has 0 bridgehead atoms. The third-order valence-electron chi connectivity index (χ3n) is 3.24. The van der Waals surface area contributed by atoms with E-state index >= 15 is 0 Å². The molecule has 0 aliphatic carbocycles. The van der Waals surface area contributed by atoms with Crippen LogP contribution in [0, 0.1) is 17.1 Å². The molecule has 1 aliphatic heterocycles. The second-order valence-corrected chi connectivity index (χ2v) is 4.17. The Bertz CT molecular complexity index is 422. The van der Waals surface area contributed by atoms with Gasteiger partial charge in [-0.15, -0.1) is 0 Å². The topological polar surface area (TPSA) is 27.0 Å². The van der Waals surface area contributed by atoms with Crippen molar-refractivity contribution in [2.24, 2.45) is 0 Å². The number of nitriles is 1. The zero-order valence-electron chi connectivity index (χ0n) is 9.41. The van der Waals surface area contributed by atoms with E-state index in [1.165, 1.54) is 18.6 Å². The van der Waals surface area contributed by atoms with Crippen LogP contribution in [0.15, 0.2) is 18.2 Å². The van der Waals surface area contributed by atoms with Crippen molar-refractivity contribution < 1.29 is 4.39 Å². The van der Waals surface area contributed by atoms with Crippen molar-refractivity contribution in [1.29, 1.82) is 5.26 Å². The maximum atomic E-state index is 13.0. The van der Waals surface area contributed by atoms with Crippen molar-refractivity contribution in [1.82, 2.24) is 0 Å². The zero-order chi connectivity index (χ0) is 11.5. The summed E-state index contributed by atoms with van der Waals surface area (Å²) in [6, 6.07) is 7.05. The lowest BCUT2D eigenvalue weighted by Gasteiger charge is -2.26. The summed E-state index contributed by atoms with van der Waals surface area (Å²) in [6.07, 6.45) is 3.39. The molecule has 1 atom stereocenters. The molecule has 2 rings (SSSR count). The highest BCUT2D eigenvalue weighted by molar-refractivity contribution is 5.60. The van der Waals surface area contributed by atoms with Gasteiger partial charge < -0.3 is 4.90 Å². The quantitative estimate of drug-likeness (QED) is 0.762. The Hall–Kier alpha value is -1.56. The maximum Gasteiger partial charge on any atom is 0.124 e. The molecule has 0 amide bonds. The summed E-state index contributed by atoms with van der Waals surface area (Å²) < 4.78 is 13.0. The summed E-state index contributed by atoms with van der Waals surface area (Å²) in [5.41, 5.74) is 1.33. The first-order valence-corrected chi connectivity index (χ1v) is 5.72. The normalized spacial score (nSPS) is 19.8. The van der Waals surface area contributed by atoms with Gasteiger partial charge in [0.1, 0.15) is 11.9 Å². The molecule has 1 saturated heterocycles. The molecule has 1 fully saturated rings. The number of hydrogen-bond acceptors (Lipinski definition) is 2. The maximum absolute atomic E-state index is 13.0. The Morgan fingerprint density at radius 2 is 2.38 bits per heavy atom. The first kappa shape index (κ1) is 10.9. The second kappa shape index (κ2) is 4.52. The molecule has 0 spiro atoms. The van der Waals surface area contributed by atoms with Gasteiger partial charge in [-0.05, 0) is 37.5 Å². The number of anilines is 1. The Morgan fingerprint density at radius 1 is 1.56 bits per heavy atom. The van der Waals surface area contributed by atoms with Gasteiger partial charge in [-0.3, -0.25) is 0 Å². The molecule has 0 N–H and O–H groups in total. The van der Waals surface area contributed by atoms with E-state index in [1.807, 2.05) is 0 Å². The lowest BCUT2D eigenvalue weighted by atomic mass is 10.1. The van der Waals surface area contributed by atoms with Gasteiger partial charge in [-0.2, -0.15) is 5.26 Å². The summed E-state index contributed by atoms with van der Waals surface area (Å²) in [7, 11) is 0. The molecule has 1 unspecified atom stereocenters. The smallest absolute Gasteiger partial charge is 0.124 e. The molecule has 0 saturated carbocycles. The lowest BCUT2D eigenvalue weighted by molar-refractivity contribution is 0.623. The Kier molecular flexibility index (Phi) is 3.09. The molecule has 0 aromatic heterocycles. The van der Waals surface area contributed by atoms with E-state index in [9.17, 15) is 4.39 Å². The molecule has 2 nitrogen and oxygen atoms in total. The average Bonchev–Trinajstić information content (AvgIpc) is 2.76. The zero-order valence-corrected chi connectivity index (χ0v) is 9.41. The number of hydrogen-bond donors (Lipinski definition) is 0. The van der Waals surface area contributed by atoms with Crippen LogP contribution in [-0.2, 0) is 0 Å². The van der Waals surface area contributed by atoms with Crippen LogP contribution in [0.3, 0.4) is 0 Å². The van der Waals surface area contributed by atoms with Crippen LogP contribution < -0.4 is 4.90 Å². The van der Waals surface area contributed by atoms with E-state index in [0.29, 0.717) is 11.6 Å². The van der Waals surface area contributed by atoms with E-state index < -0.39 is 0 Å². The molecule has 3 heteroatoms. The Morgan fingerprint density at radius 3 is 3.06 bits per heavy atom. The van der Waals surface area contributed by atoms with Gasteiger partial charge in [0.15, 0.2) is 0 Å². The molecule has 1 aliphatic rings. The third-order valence-corrected chi connectivity index (χ3v) is 3.24. The first-order chi connectivity index (χ1) is 7.76. The summed E-state index contributed by atoms with van der Waals surface area (Å²) in [6.45, 7) is 3.12. The summed E-state index contributed by atoms with van der Waals surface area (Å²) >= 11 is 0. The van der Waals surface area contributed by atoms with Crippen molar-refractivity contribution in [3.63, 3.8) is 0 Å². The van der Waals surface area contributed by atoms with Crippen LogP contribution in [0.5, 0.6) is 0 Å². The van der Waals surface area contributed by atoms with Crippen molar-refractivity contribution in [2.45, 2.75) is 32.2 Å². The van der Waals surface area contributed by atoms with Crippen LogP contribution in [0.1, 0.15) is 31.7 Å². The third kappa shape index (κ3) is 1.88. The monoisotopic (exact) mass is 218 g/mol. The molecule has 1 heterocycles. The van der Waals surface area contributed by atoms with Gasteiger partial charge in [0.25, 0.3) is 0 Å². The molecular weight excluding hydrogens is 203 g/mol. The van der Waals surface area contributed by atoms with Crippen LogP contribution in [0.2, 0.25) is 0 Å². The fourth-order valence-corrected chi connectivity index (χ4v) is 2.43. The van der Waals surface area contributed by atoms with E-state index in [0.717, 1.165) is 25.1 Å². The van der Waals surface area contributed by atoms with E-state index in [2.05, 4.69) is 17.9 Å². The second-order valence-electron chi connectivity index (χ2n) is 4.17. The van der Waals surface area contributed by atoms with Gasteiger partial charge in [-0.25, -0.2) is 4.39 Å². The number of nitrogens with zero attached hydrogens (tertiary/aromatic N) is 2. The number of rotatable bonds is 2. The van der Waals surface area contributed by atoms with E-state index in [-0.39, 0.29) is 5.82 Å². The summed E-state index contributed by atoms with van der Waals surface area (Å²) in [5.74, 6) is -0.340. The van der Waals surface area contributed by atoms with E-state index in [4.69, 9.17) is 5.26 Å². The Labute approximate surface area is 95.3 Å². The van der Waals surface area contributed by atoms with Crippen molar-refractivity contribution >= 4 is 5.69 Å². The molecule has 1 aromatic carbocycles. The van der Waals surface area contributed by atoms with Crippen molar-refractivity contribution in [2.75, 3.05) is 11.4 Å². The molecule has 0 radical (unpaired) electrons. The van der Waals surface area contributed by atoms with Gasteiger partial charge in [0.2, 0.25) is 0 Å². The highest BCUT2D eigenvalue weighted by Crippen LogP contribution is 2.30. The fourth-order valence-electron chi connectivity index (χ4n) is 2.43. The fraction of sp³-hybridized carbons (Fsp3) is 0.462. The molecule has 1 aromatic rings. The van der Waals surface area contributed by atoms with Crippen molar-refractivity contribution in [3.8, 4) is 6.07 Å². The predicted octanol–water partition coefficient (Wildman–Crippen LogP) is 3.08. The average molecular weight is 218 g/mol. The largest absolute Gasteiger partial charge is 0.367 e. The number of halogens is 1. The first-order valence-electron chi connectivity index (χ1n) is 5.72. The SMILES string of the molecule is CCC1CCCN1c1ccc(F)cc1C#N. The van der Waals surface area contributed by atoms with Crippen LogP contribution in [0.25, 0.3) is 0 Å². The van der Waals surface area contributed by atoms with Crippen LogP contribution >= 0.6 is 0 Å². The van der Waals surface area contributed by atoms with Crippen LogP contribution in [0.4, 0.5) is 10.1 Å². The van der Waals surface area contributed by atoms with E-state index in [1.54, 1.807) is 6.07 Å². The molecule has 84 valence electrons. The summed E-state index contributed by atoms with van der Waals surface area (Å²) in [4.78, 5) is 2.23. The van der Waals surface area contributed by atoms with Gasteiger partial charge in [-0.1, -0.05) is 6.92 Å².